The van der Waals surface area contributed by atoms with E-state index < -0.39 is 0 Å². The van der Waals surface area contributed by atoms with E-state index >= 15 is 0 Å². The first-order chi connectivity index (χ1) is 6.77. The zero-order chi connectivity index (χ0) is 10.4. The zero-order valence-electron chi connectivity index (χ0n) is 9.34. The van der Waals surface area contributed by atoms with Gasteiger partial charge in [0.2, 0.25) is 0 Å². The van der Waals surface area contributed by atoms with Crippen molar-refractivity contribution in [1.29, 1.82) is 0 Å². The average Bonchev–Trinajstić information content (AvgIpc) is 2.19. The van der Waals surface area contributed by atoms with E-state index in [2.05, 4.69) is 18.7 Å². The highest BCUT2D eigenvalue weighted by Crippen LogP contribution is 2.15. The van der Waals surface area contributed by atoms with E-state index in [9.17, 15) is 0 Å². The maximum Gasteiger partial charge on any atom is 0.0674 e. The second-order valence-corrected chi connectivity index (χ2v) is 4.48. The summed E-state index contributed by atoms with van der Waals surface area (Å²) in [7, 11) is 0. The van der Waals surface area contributed by atoms with E-state index in [1.54, 1.807) is 0 Å². The summed E-state index contributed by atoms with van der Waals surface area (Å²) in [6, 6.07) is 0.626. The smallest absolute Gasteiger partial charge is 0.0674 e. The van der Waals surface area contributed by atoms with Crippen LogP contribution in [0.15, 0.2) is 0 Å². The van der Waals surface area contributed by atoms with E-state index in [-0.39, 0.29) is 0 Å². The Morgan fingerprint density at radius 1 is 1.43 bits per heavy atom. The number of morpholine rings is 1. The molecule has 1 aliphatic heterocycles. The zero-order valence-corrected chi connectivity index (χ0v) is 10.1. The third-order valence-electron chi connectivity index (χ3n) is 2.88. The third kappa shape index (κ3) is 3.76. The second kappa shape index (κ2) is 6.65. The topological polar surface area (TPSA) is 12.5 Å². The van der Waals surface area contributed by atoms with Gasteiger partial charge in [-0.15, -0.1) is 11.6 Å². The summed E-state index contributed by atoms with van der Waals surface area (Å²) in [6.07, 6.45) is 3.93. The van der Waals surface area contributed by atoms with Gasteiger partial charge in [-0.3, -0.25) is 4.90 Å². The molecular formula is C11H22ClNO. The molecule has 0 aromatic carbocycles. The van der Waals surface area contributed by atoms with Gasteiger partial charge in [0.15, 0.2) is 0 Å². The Balaban J connectivity index is 2.29. The largest absolute Gasteiger partial charge is 0.376 e. The van der Waals surface area contributed by atoms with Crippen molar-refractivity contribution >= 4 is 11.6 Å². The fraction of sp³-hybridized carbons (Fsp3) is 1.00. The third-order valence-corrected chi connectivity index (χ3v) is 3.15. The number of halogens is 1. The molecule has 0 radical (unpaired) electrons. The van der Waals surface area contributed by atoms with Crippen LogP contribution < -0.4 is 0 Å². The monoisotopic (exact) mass is 219 g/mol. The minimum atomic E-state index is 0.397. The Labute approximate surface area is 92.6 Å². The molecule has 2 nitrogen and oxygen atoms in total. The van der Waals surface area contributed by atoms with Crippen LogP contribution >= 0.6 is 11.6 Å². The van der Waals surface area contributed by atoms with Gasteiger partial charge in [-0.05, 0) is 32.7 Å². The van der Waals surface area contributed by atoms with Gasteiger partial charge in [0.1, 0.15) is 0 Å². The molecule has 3 heteroatoms. The summed E-state index contributed by atoms with van der Waals surface area (Å²) in [5.74, 6) is 0.788. The van der Waals surface area contributed by atoms with E-state index in [0.717, 1.165) is 25.5 Å². The fourth-order valence-electron chi connectivity index (χ4n) is 1.97. The van der Waals surface area contributed by atoms with Crippen LogP contribution in [-0.4, -0.2) is 42.6 Å². The fourth-order valence-corrected chi connectivity index (χ4v) is 2.16. The molecule has 0 saturated carbocycles. The molecule has 1 fully saturated rings. The molecule has 2 atom stereocenters. The number of hydrogen-bond acceptors (Lipinski definition) is 2. The lowest BCUT2D eigenvalue weighted by molar-refractivity contribution is -0.0559. The van der Waals surface area contributed by atoms with Gasteiger partial charge >= 0.3 is 0 Å². The summed E-state index contributed by atoms with van der Waals surface area (Å²) in [6.45, 7) is 7.55. The van der Waals surface area contributed by atoms with Gasteiger partial charge in [-0.2, -0.15) is 0 Å². The van der Waals surface area contributed by atoms with Crippen molar-refractivity contribution in [2.24, 2.45) is 0 Å². The van der Waals surface area contributed by atoms with Crippen LogP contribution in [0.1, 0.15) is 33.1 Å². The first-order valence-corrected chi connectivity index (χ1v) is 6.23. The maximum atomic E-state index is 5.67. The predicted octanol–water partition coefficient (Wildman–Crippen LogP) is 2.50. The van der Waals surface area contributed by atoms with Crippen molar-refractivity contribution in [2.75, 3.05) is 25.6 Å². The summed E-state index contributed by atoms with van der Waals surface area (Å²) < 4.78 is 5.65. The van der Waals surface area contributed by atoms with Gasteiger partial charge in [0.05, 0.1) is 12.7 Å². The molecule has 0 aromatic heterocycles. The average molecular weight is 220 g/mol. The first-order valence-electron chi connectivity index (χ1n) is 5.69. The molecule has 1 heterocycles. The predicted molar refractivity (Wildman–Crippen MR) is 61.0 cm³/mol. The number of unbranched alkanes of at least 4 members (excludes halogenated alkanes) is 1. The molecular weight excluding hydrogens is 198 g/mol. The minimum absolute atomic E-state index is 0.397. The number of ether oxygens (including phenoxy) is 1. The Morgan fingerprint density at radius 3 is 2.86 bits per heavy atom. The van der Waals surface area contributed by atoms with Crippen LogP contribution in [0.2, 0.25) is 0 Å². The molecule has 0 amide bonds. The number of nitrogens with zero attached hydrogens (tertiary/aromatic N) is 1. The number of rotatable bonds is 5. The van der Waals surface area contributed by atoms with Crippen LogP contribution in [0.3, 0.4) is 0 Å². The van der Waals surface area contributed by atoms with Crippen molar-refractivity contribution < 1.29 is 4.74 Å². The quantitative estimate of drug-likeness (QED) is 0.521. The Kier molecular flexibility index (Phi) is 5.83. The summed E-state index contributed by atoms with van der Waals surface area (Å²) in [5, 5.41) is 0. The SMILES string of the molecule is CCC1COC(C)CN1CCCCCl. The van der Waals surface area contributed by atoms with Gasteiger partial charge < -0.3 is 4.74 Å². The van der Waals surface area contributed by atoms with E-state index in [1.807, 2.05) is 0 Å². The molecule has 0 bridgehead atoms. The van der Waals surface area contributed by atoms with E-state index in [4.69, 9.17) is 16.3 Å². The molecule has 1 aliphatic rings. The van der Waals surface area contributed by atoms with Gasteiger partial charge in [0.25, 0.3) is 0 Å². The molecule has 2 unspecified atom stereocenters. The van der Waals surface area contributed by atoms with Crippen LogP contribution in [0.5, 0.6) is 0 Å². The Morgan fingerprint density at radius 2 is 2.21 bits per heavy atom. The van der Waals surface area contributed by atoms with Gasteiger partial charge in [-0.25, -0.2) is 0 Å². The van der Waals surface area contributed by atoms with Crippen LogP contribution in [-0.2, 0) is 4.74 Å². The lowest BCUT2D eigenvalue weighted by atomic mass is 10.1. The van der Waals surface area contributed by atoms with Gasteiger partial charge in [-0.1, -0.05) is 6.92 Å². The molecule has 0 aliphatic carbocycles. The van der Waals surface area contributed by atoms with Crippen molar-refractivity contribution in [3.8, 4) is 0 Å². The molecule has 14 heavy (non-hydrogen) atoms. The van der Waals surface area contributed by atoms with Gasteiger partial charge in [0, 0.05) is 18.5 Å². The van der Waals surface area contributed by atoms with Crippen molar-refractivity contribution in [1.82, 2.24) is 4.90 Å². The number of hydrogen-bond donors (Lipinski definition) is 0. The first kappa shape index (κ1) is 12.3. The van der Waals surface area contributed by atoms with Crippen LogP contribution in [0, 0.1) is 0 Å². The maximum absolute atomic E-state index is 5.67. The molecule has 1 rings (SSSR count). The second-order valence-electron chi connectivity index (χ2n) is 4.10. The molecule has 84 valence electrons. The normalized spacial score (nSPS) is 29.4. The summed E-state index contributed by atoms with van der Waals surface area (Å²) >= 11 is 5.67. The van der Waals surface area contributed by atoms with E-state index in [0.29, 0.717) is 12.1 Å². The van der Waals surface area contributed by atoms with Crippen molar-refractivity contribution in [3.63, 3.8) is 0 Å². The Bertz CT molecular complexity index is 154. The molecule has 0 N–H and O–H groups in total. The highest BCUT2D eigenvalue weighted by Gasteiger charge is 2.24. The lowest BCUT2D eigenvalue weighted by Gasteiger charge is -2.38. The van der Waals surface area contributed by atoms with Crippen molar-refractivity contribution in [2.45, 2.75) is 45.3 Å². The lowest BCUT2D eigenvalue weighted by Crippen LogP contribution is -2.48. The van der Waals surface area contributed by atoms with E-state index in [1.165, 1.54) is 19.4 Å². The van der Waals surface area contributed by atoms with Crippen molar-refractivity contribution in [3.05, 3.63) is 0 Å². The standard InChI is InChI=1S/C11H22ClNO/c1-3-11-9-14-10(2)8-13(11)7-5-4-6-12/h10-11H,3-9H2,1-2H3. The minimum Gasteiger partial charge on any atom is -0.376 e. The molecule has 1 saturated heterocycles. The molecule has 0 spiro atoms. The van der Waals surface area contributed by atoms with Crippen LogP contribution in [0.4, 0.5) is 0 Å². The highest BCUT2D eigenvalue weighted by atomic mass is 35.5. The van der Waals surface area contributed by atoms with Crippen LogP contribution in [0.25, 0.3) is 0 Å². The molecule has 0 aromatic rings. The summed E-state index contributed by atoms with van der Waals surface area (Å²) in [4.78, 5) is 2.56. The number of alkyl halides is 1. The summed E-state index contributed by atoms with van der Waals surface area (Å²) in [5.41, 5.74) is 0. The Hall–Kier alpha value is 0.210. The highest BCUT2D eigenvalue weighted by molar-refractivity contribution is 6.17.